The minimum Gasteiger partial charge on any atom is -0.478 e. The molecule has 154 valence electrons. The molecule has 0 fully saturated rings. The third-order valence-electron chi connectivity index (χ3n) is 5.71. The van der Waals surface area contributed by atoms with Crippen LogP contribution in [0.5, 0.6) is 0 Å². The second-order valence-electron chi connectivity index (χ2n) is 8.90. The summed E-state index contributed by atoms with van der Waals surface area (Å²) < 4.78 is 0. The first-order valence-electron chi connectivity index (χ1n) is 10.2. The Balaban J connectivity index is 1.85. The number of nitrogens with zero attached hydrogens (tertiary/aromatic N) is 2. The van der Waals surface area contributed by atoms with Gasteiger partial charge in [-0.1, -0.05) is 6.92 Å². The van der Waals surface area contributed by atoms with Crippen LogP contribution in [0.2, 0.25) is 0 Å². The van der Waals surface area contributed by atoms with E-state index < -0.39 is 5.97 Å². The van der Waals surface area contributed by atoms with E-state index in [0.29, 0.717) is 12.0 Å². The number of carboxylic acid groups (broad SMARTS) is 1. The molecule has 1 aliphatic heterocycles. The molecular formula is C24H31N3O2. The quantitative estimate of drug-likeness (QED) is 0.510. The van der Waals surface area contributed by atoms with Crippen molar-refractivity contribution in [3.63, 3.8) is 0 Å². The highest BCUT2D eigenvalue weighted by Crippen LogP contribution is 2.45. The Hall–Kier alpha value is -2.82. The smallest absolute Gasteiger partial charge is 0.335 e. The number of aromatic carboxylic acids is 1. The predicted octanol–water partition coefficient (Wildman–Crippen LogP) is 5.64. The third-order valence-corrected chi connectivity index (χ3v) is 5.71. The van der Waals surface area contributed by atoms with Gasteiger partial charge in [0.15, 0.2) is 0 Å². The topological polar surface area (TPSA) is 64.9 Å². The van der Waals surface area contributed by atoms with Gasteiger partial charge >= 0.3 is 5.97 Å². The van der Waals surface area contributed by atoms with Crippen molar-refractivity contribution in [2.45, 2.75) is 65.5 Å². The van der Waals surface area contributed by atoms with Crippen molar-refractivity contribution < 1.29 is 9.90 Å². The van der Waals surface area contributed by atoms with Crippen molar-refractivity contribution in [3.05, 3.63) is 58.7 Å². The molecule has 5 nitrogen and oxygen atoms in total. The fourth-order valence-corrected chi connectivity index (χ4v) is 4.59. The zero-order chi connectivity index (χ0) is 21.3. The van der Waals surface area contributed by atoms with Gasteiger partial charge in [-0.2, -0.15) is 5.10 Å². The fourth-order valence-electron chi connectivity index (χ4n) is 4.59. The molecule has 1 atom stereocenters. The number of hydrazone groups is 1. The van der Waals surface area contributed by atoms with E-state index in [1.165, 1.54) is 16.8 Å². The van der Waals surface area contributed by atoms with E-state index in [0.717, 1.165) is 17.7 Å². The van der Waals surface area contributed by atoms with E-state index in [2.05, 4.69) is 69.1 Å². The van der Waals surface area contributed by atoms with Gasteiger partial charge in [0.05, 0.1) is 17.5 Å². The van der Waals surface area contributed by atoms with Crippen LogP contribution < -0.4 is 10.3 Å². The van der Waals surface area contributed by atoms with Crippen LogP contribution in [0, 0.1) is 6.92 Å². The number of fused-ring (bicyclic) bond motifs is 1. The SMILES string of the molecule is Cc1cc2c(cc1/C=N/Nc1ccc(C(=O)O)cc1)[C@@H](C)CC(C)(C)N2C(C)C. The summed E-state index contributed by atoms with van der Waals surface area (Å²) >= 11 is 0. The van der Waals surface area contributed by atoms with Crippen molar-refractivity contribution in [2.75, 3.05) is 10.3 Å². The summed E-state index contributed by atoms with van der Waals surface area (Å²) in [5, 5.41) is 13.3. The van der Waals surface area contributed by atoms with Gasteiger partial charge in [0.2, 0.25) is 0 Å². The summed E-state index contributed by atoms with van der Waals surface area (Å²) in [6.07, 6.45) is 2.96. The second kappa shape index (κ2) is 7.90. The Labute approximate surface area is 173 Å². The maximum absolute atomic E-state index is 10.9. The fraction of sp³-hybridized carbons (Fsp3) is 0.417. The van der Waals surface area contributed by atoms with E-state index in [1.54, 1.807) is 24.3 Å². The number of nitrogens with one attached hydrogen (secondary N) is 1. The van der Waals surface area contributed by atoms with Gasteiger partial charge in [-0.05, 0) is 100 Å². The molecule has 1 aliphatic rings. The second-order valence-corrected chi connectivity index (χ2v) is 8.90. The average Bonchev–Trinajstić information content (AvgIpc) is 2.62. The lowest BCUT2D eigenvalue weighted by molar-refractivity contribution is 0.0697. The summed E-state index contributed by atoms with van der Waals surface area (Å²) in [7, 11) is 0. The Bertz CT molecular complexity index is 930. The van der Waals surface area contributed by atoms with E-state index in [4.69, 9.17) is 5.11 Å². The molecule has 0 aromatic heterocycles. The summed E-state index contributed by atoms with van der Waals surface area (Å²) in [5.41, 5.74) is 9.11. The lowest BCUT2D eigenvalue weighted by Gasteiger charge is -2.50. The number of aryl methyl sites for hydroxylation is 1. The Morgan fingerprint density at radius 3 is 2.52 bits per heavy atom. The first-order chi connectivity index (χ1) is 13.6. The minimum absolute atomic E-state index is 0.131. The first kappa shape index (κ1) is 20.9. The van der Waals surface area contributed by atoms with Crippen LogP contribution in [0.1, 0.15) is 74.0 Å². The van der Waals surface area contributed by atoms with Crippen LogP contribution in [0.4, 0.5) is 11.4 Å². The van der Waals surface area contributed by atoms with Gasteiger partial charge < -0.3 is 10.0 Å². The molecule has 3 rings (SSSR count). The van der Waals surface area contributed by atoms with Gasteiger partial charge in [0.1, 0.15) is 0 Å². The number of hydrogen-bond donors (Lipinski definition) is 2. The number of anilines is 2. The lowest BCUT2D eigenvalue weighted by atomic mass is 9.78. The van der Waals surface area contributed by atoms with E-state index >= 15 is 0 Å². The van der Waals surface area contributed by atoms with Crippen molar-refractivity contribution >= 4 is 23.6 Å². The van der Waals surface area contributed by atoms with Crippen molar-refractivity contribution in [3.8, 4) is 0 Å². The number of benzene rings is 2. The number of carbonyl (C=O) groups is 1. The summed E-state index contributed by atoms with van der Waals surface area (Å²) in [4.78, 5) is 13.5. The Morgan fingerprint density at radius 1 is 1.28 bits per heavy atom. The molecule has 5 heteroatoms. The molecule has 0 bridgehead atoms. The number of hydrogen-bond acceptors (Lipinski definition) is 4. The van der Waals surface area contributed by atoms with Crippen molar-refractivity contribution in [2.24, 2.45) is 5.10 Å². The van der Waals surface area contributed by atoms with Crippen molar-refractivity contribution in [1.29, 1.82) is 0 Å². The molecule has 1 heterocycles. The van der Waals surface area contributed by atoms with Crippen LogP contribution >= 0.6 is 0 Å². The number of rotatable bonds is 5. The maximum Gasteiger partial charge on any atom is 0.335 e. The lowest BCUT2D eigenvalue weighted by Crippen LogP contribution is -2.51. The van der Waals surface area contributed by atoms with Gasteiger partial charge in [-0.25, -0.2) is 4.79 Å². The Kier molecular flexibility index (Phi) is 5.69. The third kappa shape index (κ3) is 4.29. The largest absolute Gasteiger partial charge is 0.478 e. The molecule has 0 amide bonds. The molecule has 29 heavy (non-hydrogen) atoms. The normalized spacial score (nSPS) is 18.2. The highest BCUT2D eigenvalue weighted by molar-refractivity contribution is 5.88. The summed E-state index contributed by atoms with van der Waals surface area (Å²) in [6, 6.07) is 11.5. The molecule has 0 spiro atoms. The highest BCUT2D eigenvalue weighted by Gasteiger charge is 2.37. The molecule has 0 unspecified atom stereocenters. The standard InChI is InChI=1S/C24H31N3O2/c1-15(2)27-22-11-16(3)19(12-21(22)17(4)13-24(27,5)6)14-25-26-20-9-7-18(8-10-20)23(28)29/h7-12,14-15,17,26H,13H2,1-6H3,(H,28,29)/b25-14+/t17-/m0/s1. The molecule has 2 aromatic rings. The monoisotopic (exact) mass is 393 g/mol. The molecular weight excluding hydrogens is 362 g/mol. The summed E-state index contributed by atoms with van der Waals surface area (Å²) in [5.74, 6) is -0.447. The summed E-state index contributed by atoms with van der Waals surface area (Å²) in [6.45, 7) is 13.6. The van der Waals surface area contributed by atoms with E-state index in [9.17, 15) is 4.79 Å². The van der Waals surface area contributed by atoms with Gasteiger partial charge in [-0.15, -0.1) is 0 Å². The predicted molar refractivity (Wildman–Crippen MR) is 121 cm³/mol. The van der Waals surface area contributed by atoms with Gasteiger partial charge in [0.25, 0.3) is 0 Å². The van der Waals surface area contributed by atoms with Crippen LogP contribution in [0.25, 0.3) is 0 Å². The Morgan fingerprint density at radius 2 is 1.93 bits per heavy atom. The zero-order valence-electron chi connectivity index (χ0n) is 18.2. The van der Waals surface area contributed by atoms with Gasteiger partial charge in [0, 0.05) is 17.3 Å². The molecule has 2 aromatic carbocycles. The average molecular weight is 394 g/mol. The molecule has 0 radical (unpaired) electrons. The highest BCUT2D eigenvalue weighted by atomic mass is 16.4. The van der Waals surface area contributed by atoms with Crippen LogP contribution in [-0.2, 0) is 0 Å². The van der Waals surface area contributed by atoms with E-state index in [1.807, 2.05) is 6.21 Å². The zero-order valence-corrected chi connectivity index (χ0v) is 18.2. The van der Waals surface area contributed by atoms with Gasteiger partial charge in [-0.3, -0.25) is 5.43 Å². The van der Waals surface area contributed by atoms with Crippen LogP contribution in [0.3, 0.4) is 0 Å². The van der Waals surface area contributed by atoms with Crippen LogP contribution in [-0.4, -0.2) is 28.9 Å². The molecule has 2 N–H and O–H groups in total. The molecule has 0 aliphatic carbocycles. The minimum atomic E-state index is -0.933. The van der Waals surface area contributed by atoms with E-state index in [-0.39, 0.29) is 11.1 Å². The van der Waals surface area contributed by atoms with Crippen molar-refractivity contribution in [1.82, 2.24) is 0 Å². The molecule has 0 saturated carbocycles. The number of carboxylic acids is 1. The first-order valence-corrected chi connectivity index (χ1v) is 10.2. The van der Waals surface area contributed by atoms with Crippen LogP contribution in [0.15, 0.2) is 41.5 Å². The molecule has 0 saturated heterocycles. The maximum atomic E-state index is 10.9.